The molecule has 0 unspecified atom stereocenters. The van der Waals surface area contributed by atoms with E-state index in [4.69, 9.17) is 9.84 Å². The molecule has 32 heavy (non-hydrogen) atoms. The van der Waals surface area contributed by atoms with E-state index in [1.165, 1.54) is 0 Å². The van der Waals surface area contributed by atoms with Gasteiger partial charge in [-0.2, -0.15) is 0 Å². The Morgan fingerprint density at radius 1 is 1.00 bits per heavy atom. The smallest absolute Gasteiger partial charge is 0.404 e. The van der Waals surface area contributed by atoms with Crippen molar-refractivity contribution in [2.45, 2.75) is 25.7 Å². The molecule has 2 amide bonds. The second kappa shape index (κ2) is 10.1. The van der Waals surface area contributed by atoms with Crippen molar-refractivity contribution in [1.82, 2.24) is 20.6 Å². The van der Waals surface area contributed by atoms with E-state index in [0.717, 1.165) is 31.1 Å². The summed E-state index contributed by atoms with van der Waals surface area (Å²) in [6, 6.07) is 12.7. The number of amides is 2. The summed E-state index contributed by atoms with van der Waals surface area (Å²) in [4.78, 5) is 32.3. The lowest BCUT2D eigenvalue weighted by atomic mass is 9.82. The van der Waals surface area contributed by atoms with Crippen LogP contribution in [0.5, 0.6) is 11.6 Å². The number of carbonyl (C=O) groups excluding carboxylic acids is 1. The van der Waals surface area contributed by atoms with Gasteiger partial charge in [0.05, 0.1) is 17.3 Å². The Balaban J connectivity index is 1.41. The highest BCUT2D eigenvalue weighted by Gasteiger charge is 2.22. The van der Waals surface area contributed by atoms with Crippen molar-refractivity contribution in [3.8, 4) is 11.6 Å². The van der Waals surface area contributed by atoms with E-state index < -0.39 is 6.09 Å². The third kappa shape index (κ3) is 5.51. The zero-order valence-electron chi connectivity index (χ0n) is 17.7. The van der Waals surface area contributed by atoms with Gasteiger partial charge in [-0.05, 0) is 55.7 Å². The number of nitrogens with zero attached hydrogens (tertiary/aromatic N) is 2. The molecule has 0 aliphatic heterocycles. The highest BCUT2D eigenvalue weighted by molar-refractivity contribution is 6.06. The van der Waals surface area contributed by atoms with Gasteiger partial charge in [0, 0.05) is 30.7 Å². The number of aromatic nitrogens is 2. The van der Waals surface area contributed by atoms with Gasteiger partial charge in [0.2, 0.25) is 5.88 Å². The molecule has 2 aromatic heterocycles. The normalized spacial score (nSPS) is 18.1. The lowest BCUT2D eigenvalue weighted by Crippen LogP contribution is -2.34. The van der Waals surface area contributed by atoms with Gasteiger partial charge in [-0.25, -0.2) is 9.78 Å². The molecule has 3 aromatic rings. The standard InChI is InChI=1S/C24H26N4O4/c29-23(26-13-16-7-9-17(10-8-16)14-27-24(30)31)20-12-22(32-18-4-3-11-25-15-18)28-21-6-2-1-5-19(20)21/h1-6,11-12,15-17,27H,7-10,13-14H2,(H,26,29)(H,30,31)/t16-,17-. The fourth-order valence-corrected chi connectivity index (χ4v) is 4.12. The van der Waals surface area contributed by atoms with Crippen LogP contribution in [0.25, 0.3) is 10.9 Å². The SMILES string of the molecule is O=C(O)NC[C@H]1CC[C@H](CNC(=O)c2cc(Oc3cccnc3)nc3ccccc23)CC1. The maximum absolute atomic E-state index is 13.1. The van der Waals surface area contributed by atoms with Crippen molar-refractivity contribution in [2.24, 2.45) is 11.8 Å². The molecule has 1 aliphatic carbocycles. The summed E-state index contributed by atoms with van der Waals surface area (Å²) in [5.74, 6) is 1.49. The van der Waals surface area contributed by atoms with Crippen LogP contribution in [0.3, 0.4) is 0 Å². The van der Waals surface area contributed by atoms with E-state index in [1.54, 1.807) is 30.6 Å². The maximum atomic E-state index is 13.1. The summed E-state index contributed by atoms with van der Waals surface area (Å²) in [6.07, 6.45) is 6.15. The Hall–Kier alpha value is -3.68. The lowest BCUT2D eigenvalue weighted by molar-refractivity contribution is 0.0942. The van der Waals surface area contributed by atoms with E-state index in [2.05, 4.69) is 20.6 Å². The van der Waals surface area contributed by atoms with Gasteiger partial charge in [-0.15, -0.1) is 0 Å². The first-order chi connectivity index (χ1) is 15.6. The molecule has 0 spiro atoms. The lowest BCUT2D eigenvalue weighted by Gasteiger charge is -2.28. The maximum Gasteiger partial charge on any atom is 0.404 e. The zero-order chi connectivity index (χ0) is 22.3. The second-order valence-electron chi connectivity index (χ2n) is 8.10. The number of fused-ring (bicyclic) bond motifs is 1. The van der Waals surface area contributed by atoms with E-state index in [1.807, 2.05) is 24.3 Å². The molecule has 3 N–H and O–H groups in total. The summed E-state index contributed by atoms with van der Waals surface area (Å²) in [5, 5.41) is 15.1. The number of nitrogens with one attached hydrogen (secondary N) is 2. The third-order valence-corrected chi connectivity index (χ3v) is 5.85. The number of hydrogen-bond donors (Lipinski definition) is 3. The number of rotatable bonds is 7. The van der Waals surface area contributed by atoms with Gasteiger partial charge >= 0.3 is 6.09 Å². The molecule has 1 aromatic carbocycles. The van der Waals surface area contributed by atoms with Crippen LogP contribution >= 0.6 is 0 Å². The monoisotopic (exact) mass is 434 g/mol. The van der Waals surface area contributed by atoms with Crippen molar-refractivity contribution < 1.29 is 19.4 Å². The van der Waals surface area contributed by atoms with Crippen LogP contribution in [0, 0.1) is 11.8 Å². The summed E-state index contributed by atoms with van der Waals surface area (Å²) in [7, 11) is 0. The number of pyridine rings is 2. The molecule has 0 bridgehead atoms. The fourth-order valence-electron chi connectivity index (χ4n) is 4.12. The van der Waals surface area contributed by atoms with Crippen LogP contribution in [-0.2, 0) is 0 Å². The van der Waals surface area contributed by atoms with Crippen LogP contribution < -0.4 is 15.4 Å². The predicted molar refractivity (Wildman–Crippen MR) is 120 cm³/mol. The Kier molecular flexibility index (Phi) is 6.79. The largest absolute Gasteiger partial charge is 0.465 e. The first-order valence-corrected chi connectivity index (χ1v) is 10.8. The molecule has 8 heteroatoms. The first kappa shape index (κ1) is 21.5. The predicted octanol–water partition coefficient (Wildman–Crippen LogP) is 4.23. The fraction of sp³-hybridized carbons (Fsp3) is 0.333. The van der Waals surface area contributed by atoms with Crippen LogP contribution in [0.15, 0.2) is 54.9 Å². The van der Waals surface area contributed by atoms with Gasteiger partial charge in [-0.3, -0.25) is 9.78 Å². The number of carbonyl (C=O) groups is 2. The molecule has 166 valence electrons. The van der Waals surface area contributed by atoms with E-state index in [9.17, 15) is 9.59 Å². The van der Waals surface area contributed by atoms with Crippen molar-refractivity contribution in [3.63, 3.8) is 0 Å². The molecule has 4 rings (SSSR count). The summed E-state index contributed by atoms with van der Waals surface area (Å²) in [5.41, 5.74) is 1.21. The van der Waals surface area contributed by atoms with Gasteiger partial charge in [0.1, 0.15) is 5.75 Å². The van der Waals surface area contributed by atoms with E-state index >= 15 is 0 Å². The third-order valence-electron chi connectivity index (χ3n) is 5.85. The Morgan fingerprint density at radius 2 is 1.72 bits per heavy atom. The first-order valence-electron chi connectivity index (χ1n) is 10.8. The summed E-state index contributed by atoms with van der Waals surface area (Å²) >= 11 is 0. The molecule has 1 saturated carbocycles. The van der Waals surface area contributed by atoms with Crippen molar-refractivity contribution in [3.05, 3.63) is 60.4 Å². The van der Waals surface area contributed by atoms with Crippen LogP contribution in [0.4, 0.5) is 4.79 Å². The molecule has 0 saturated heterocycles. The Morgan fingerprint density at radius 3 is 2.41 bits per heavy atom. The molecular formula is C24H26N4O4. The number of hydrogen-bond acceptors (Lipinski definition) is 5. The van der Waals surface area contributed by atoms with Crippen molar-refractivity contribution >= 4 is 22.9 Å². The minimum atomic E-state index is -0.976. The number of carboxylic acid groups (broad SMARTS) is 1. The van der Waals surface area contributed by atoms with Gasteiger partial charge < -0.3 is 20.5 Å². The molecule has 1 fully saturated rings. The summed E-state index contributed by atoms with van der Waals surface area (Å²) < 4.78 is 5.82. The molecule has 2 heterocycles. The van der Waals surface area contributed by atoms with Gasteiger partial charge in [0.25, 0.3) is 5.91 Å². The van der Waals surface area contributed by atoms with Crippen molar-refractivity contribution in [1.29, 1.82) is 0 Å². The summed E-state index contributed by atoms with van der Waals surface area (Å²) in [6.45, 7) is 1.09. The number of benzene rings is 1. The average Bonchev–Trinajstić information content (AvgIpc) is 2.82. The Bertz CT molecular complexity index is 1080. The van der Waals surface area contributed by atoms with Crippen LogP contribution in [0.1, 0.15) is 36.0 Å². The quantitative estimate of drug-likeness (QED) is 0.513. The molecule has 0 radical (unpaired) electrons. The molecule has 1 aliphatic rings. The molecule has 0 atom stereocenters. The van der Waals surface area contributed by atoms with E-state index in [-0.39, 0.29) is 5.91 Å². The molecular weight excluding hydrogens is 408 g/mol. The number of ether oxygens (including phenoxy) is 1. The minimum absolute atomic E-state index is 0.158. The molecule has 8 nitrogen and oxygen atoms in total. The number of para-hydroxylation sites is 1. The highest BCUT2D eigenvalue weighted by Crippen LogP contribution is 2.29. The Labute approximate surface area is 186 Å². The van der Waals surface area contributed by atoms with Gasteiger partial charge in [0.15, 0.2) is 0 Å². The zero-order valence-corrected chi connectivity index (χ0v) is 17.7. The second-order valence-corrected chi connectivity index (χ2v) is 8.10. The van der Waals surface area contributed by atoms with E-state index in [0.29, 0.717) is 47.6 Å². The van der Waals surface area contributed by atoms with Crippen molar-refractivity contribution in [2.75, 3.05) is 13.1 Å². The van der Waals surface area contributed by atoms with Crippen LogP contribution in [-0.4, -0.2) is 40.2 Å². The topological polar surface area (TPSA) is 113 Å². The highest BCUT2D eigenvalue weighted by atomic mass is 16.5. The average molecular weight is 434 g/mol. The van der Waals surface area contributed by atoms with Gasteiger partial charge in [-0.1, -0.05) is 18.2 Å². The minimum Gasteiger partial charge on any atom is -0.465 e. The van der Waals surface area contributed by atoms with Crippen LogP contribution in [0.2, 0.25) is 0 Å².